The maximum Gasteiger partial charge on any atom is 0.223 e. The second-order valence-corrected chi connectivity index (χ2v) is 6.28. The Morgan fingerprint density at radius 2 is 1.92 bits per heavy atom. The average Bonchev–Trinajstić information content (AvgIpc) is 3.14. The van der Waals surface area contributed by atoms with Crippen molar-refractivity contribution in [1.82, 2.24) is 4.90 Å². The van der Waals surface area contributed by atoms with Crippen molar-refractivity contribution >= 4 is 23.0 Å². The Balaban J connectivity index is 1.93. The first kappa shape index (κ1) is 18.0. The predicted molar refractivity (Wildman–Crippen MR) is 93.9 cm³/mol. The number of ketones is 1. The summed E-state index contributed by atoms with van der Waals surface area (Å²) in [6.45, 7) is 0.416. The smallest absolute Gasteiger partial charge is 0.223 e. The van der Waals surface area contributed by atoms with Crippen molar-refractivity contribution in [3.8, 4) is 11.5 Å². The Bertz CT molecular complexity index is 697. The number of amides is 1. The Kier molecular flexibility index (Phi) is 6.37. The Hall–Kier alpha value is -2.34. The lowest BCUT2D eigenvalue weighted by Crippen LogP contribution is -2.26. The zero-order chi connectivity index (χ0) is 17.5. The molecule has 0 radical (unpaired) electrons. The largest absolute Gasteiger partial charge is 0.497 e. The summed E-state index contributed by atoms with van der Waals surface area (Å²) >= 11 is 1.40. The van der Waals surface area contributed by atoms with Gasteiger partial charge in [-0.25, -0.2) is 0 Å². The molecule has 2 rings (SSSR count). The van der Waals surface area contributed by atoms with E-state index in [0.29, 0.717) is 22.9 Å². The van der Waals surface area contributed by atoms with E-state index in [-0.39, 0.29) is 24.5 Å². The van der Waals surface area contributed by atoms with Gasteiger partial charge < -0.3 is 14.4 Å². The van der Waals surface area contributed by atoms with E-state index in [4.69, 9.17) is 9.47 Å². The molecule has 0 saturated carbocycles. The molecule has 0 bridgehead atoms. The zero-order valence-electron chi connectivity index (χ0n) is 14.1. The van der Waals surface area contributed by atoms with E-state index in [0.717, 1.165) is 5.56 Å². The molecule has 1 heterocycles. The van der Waals surface area contributed by atoms with Gasteiger partial charge in [-0.1, -0.05) is 6.07 Å². The predicted octanol–water partition coefficient (Wildman–Crippen LogP) is 3.39. The number of methoxy groups -OCH3 is 2. The van der Waals surface area contributed by atoms with Gasteiger partial charge in [-0.2, -0.15) is 0 Å². The number of nitrogens with zero attached hydrogens (tertiary/aromatic N) is 1. The number of carbonyl (C=O) groups is 2. The SMILES string of the molecule is COc1ccc(CN(C)C(=O)CCC(=O)c2cccs2)c(OC)c1. The van der Waals surface area contributed by atoms with Crippen molar-refractivity contribution < 1.29 is 19.1 Å². The Labute approximate surface area is 145 Å². The summed E-state index contributed by atoms with van der Waals surface area (Å²) in [4.78, 5) is 26.5. The van der Waals surface area contributed by atoms with E-state index in [2.05, 4.69) is 0 Å². The van der Waals surface area contributed by atoms with Crippen molar-refractivity contribution in [2.45, 2.75) is 19.4 Å². The lowest BCUT2D eigenvalue weighted by molar-refractivity contribution is -0.130. The fourth-order valence-electron chi connectivity index (χ4n) is 2.30. The molecule has 0 aliphatic carbocycles. The van der Waals surface area contributed by atoms with Crippen LogP contribution in [-0.4, -0.2) is 37.9 Å². The number of carbonyl (C=O) groups excluding carboxylic acids is 2. The van der Waals surface area contributed by atoms with E-state index < -0.39 is 0 Å². The van der Waals surface area contributed by atoms with Crippen LogP contribution in [0.25, 0.3) is 0 Å². The average molecular weight is 347 g/mol. The zero-order valence-corrected chi connectivity index (χ0v) is 14.9. The molecule has 0 aliphatic heterocycles. The minimum Gasteiger partial charge on any atom is -0.497 e. The molecule has 0 fully saturated rings. The molecular formula is C18H21NO4S. The third-order valence-electron chi connectivity index (χ3n) is 3.69. The molecule has 0 spiro atoms. The lowest BCUT2D eigenvalue weighted by Gasteiger charge is -2.19. The van der Waals surface area contributed by atoms with Gasteiger partial charge in [0, 0.05) is 38.1 Å². The molecule has 0 unspecified atom stereocenters. The molecule has 0 N–H and O–H groups in total. The molecule has 24 heavy (non-hydrogen) atoms. The van der Waals surface area contributed by atoms with Gasteiger partial charge in [-0.3, -0.25) is 9.59 Å². The molecule has 0 saturated heterocycles. The first-order valence-electron chi connectivity index (χ1n) is 7.56. The van der Waals surface area contributed by atoms with Crippen LogP contribution in [-0.2, 0) is 11.3 Å². The number of rotatable bonds is 8. The van der Waals surface area contributed by atoms with Gasteiger partial charge in [0.2, 0.25) is 5.91 Å². The van der Waals surface area contributed by atoms with Gasteiger partial charge in [0.25, 0.3) is 0 Å². The number of hydrogen-bond acceptors (Lipinski definition) is 5. The van der Waals surface area contributed by atoms with Crippen molar-refractivity contribution in [1.29, 1.82) is 0 Å². The van der Waals surface area contributed by atoms with Crippen LogP contribution in [0.3, 0.4) is 0 Å². The van der Waals surface area contributed by atoms with E-state index >= 15 is 0 Å². The van der Waals surface area contributed by atoms with Crippen LogP contribution in [0.15, 0.2) is 35.7 Å². The third-order valence-corrected chi connectivity index (χ3v) is 4.60. The van der Waals surface area contributed by atoms with Crippen LogP contribution < -0.4 is 9.47 Å². The highest BCUT2D eigenvalue weighted by Gasteiger charge is 2.15. The third kappa shape index (κ3) is 4.58. The number of ether oxygens (including phenoxy) is 2. The van der Waals surface area contributed by atoms with Gasteiger partial charge in [0.05, 0.1) is 19.1 Å². The quantitative estimate of drug-likeness (QED) is 0.687. The van der Waals surface area contributed by atoms with Crippen molar-refractivity contribution in [2.75, 3.05) is 21.3 Å². The van der Waals surface area contributed by atoms with Crippen molar-refractivity contribution in [2.24, 2.45) is 0 Å². The monoisotopic (exact) mass is 347 g/mol. The van der Waals surface area contributed by atoms with Gasteiger partial charge in [-0.15, -0.1) is 11.3 Å². The fourth-order valence-corrected chi connectivity index (χ4v) is 2.99. The van der Waals surface area contributed by atoms with Crippen molar-refractivity contribution in [3.63, 3.8) is 0 Å². The van der Waals surface area contributed by atoms with Crippen LogP contribution in [0, 0.1) is 0 Å². The standard InChI is InChI=1S/C18H21NO4S/c1-19(12-13-6-7-14(22-2)11-16(13)23-3)18(21)9-8-15(20)17-5-4-10-24-17/h4-7,10-11H,8-9,12H2,1-3H3. The molecule has 2 aromatic rings. The lowest BCUT2D eigenvalue weighted by atomic mass is 10.1. The van der Waals surface area contributed by atoms with Gasteiger partial charge in [0.15, 0.2) is 5.78 Å². The molecule has 5 nitrogen and oxygen atoms in total. The number of hydrogen-bond donors (Lipinski definition) is 0. The van der Waals surface area contributed by atoms with Crippen LogP contribution in [0.1, 0.15) is 28.1 Å². The minimum atomic E-state index is -0.0715. The summed E-state index contributed by atoms with van der Waals surface area (Å²) in [5.41, 5.74) is 0.888. The highest BCUT2D eigenvalue weighted by molar-refractivity contribution is 7.12. The minimum absolute atomic E-state index is 0.00813. The van der Waals surface area contributed by atoms with E-state index in [1.165, 1.54) is 11.3 Å². The second kappa shape index (κ2) is 8.49. The highest BCUT2D eigenvalue weighted by Crippen LogP contribution is 2.25. The molecule has 6 heteroatoms. The summed E-state index contributed by atoms with van der Waals surface area (Å²) in [6.07, 6.45) is 0.426. The van der Waals surface area contributed by atoms with E-state index in [1.54, 1.807) is 38.3 Å². The summed E-state index contributed by atoms with van der Waals surface area (Å²) in [5, 5.41) is 1.86. The normalized spacial score (nSPS) is 10.3. The van der Waals surface area contributed by atoms with Gasteiger partial charge in [0.1, 0.15) is 11.5 Å². The highest BCUT2D eigenvalue weighted by atomic mass is 32.1. The Morgan fingerprint density at radius 3 is 2.54 bits per heavy atom. The molecule has 1 aromatic carbocycles. The molecule has 0 atom stereocenters. The van der Waals surface area contributed by atoms with Crippen LogP contribution in [0.5, 0.6) is 11.5 Å². The van der Waals surface area contributed by atoms with Crippen molar-refractivity contribution in [3.05, 3.63) is 46.2 Å². The number of Topliss-reactive ketones (excluding diaryl/α,β-unsaturated/α-hetero) is 1. The number of benzene rings is 1. The summed E-state index contributed by atoms with van der Waals surface area (Å²) in [7, 11) is 4.90. The van der Waals surface area contributed by atoms with Gasteiger partial charge >= 0.3 is 0 Å². The first-order chi connectivity index (χ1) is 11.5. The van der Waals surface area contributed by atoms with Crippen LogP contribution in [0.2, 0.25) is 0 Å². The Morgan fingerprint density at radius 1 is 1.12 bits per heavy atom. The molecule has 1 amide bonds. The summed E-state index contributed by atoms with van der Waals surface area (Å²) in [5.74, 6) is 1.31. The molecule has 1 aromatic heterocycles. The first-order valence-corrected chi connectivity index (χ1v) is 8.44. The topological polar surface area (TPSA) is 55.8 Å². The molecule has 0 aliphatic rings. The van der Waals surface area contributed by atoms with Crippen LogP contribution in [0.4, 0.5) is 0 Å². The van der Waals surface area contributed by atoms with E-state index in [1.807, 2.05) is 23.6 Å². The van der Waals surface area contributed by atoms with Gasteiger partial charge in [-0.05, 0) is 23.6 Å². The van der Waals surface area contributed by atoms with Crippen LogP contribution >= 0.6 is 11.3 Å². The second-order valence-electron chi connectivity index (χ2n) is 5.33. The van der Waals surface area contributed by atoms with E-state index in [9.17, 15) is 9.59 Å². The maximum atomic E-state index is 12.3. The maximum absolute atomic E-state index is 12.3. The summed E-state index contributed by atoms with van der Waals surface area (Å²) in [6, 6.07) is 9.11. The number of thiophene rings is 1. The fraction of sp³-hybridized carbons (Fsp3) is 0.333. The molecular weight excluding hydrogens is 326 g/mol. The molecule has 128 valence electrons. The summed E-state index contributed by atoms with van der Waals surface area (Å²) < 4.78 is 10.5.